The van der Waals surface area contributed by atoms with Gasteiger partial charge in [-0.2, -0.15) is 0 Å². The summed E-state index contributed by atoms with van der Waals surface area (Å²) in [7, 11) is -1.31. The first-order valence-electron chi connectivity index (χ1n) is 4.93. The summed E-state index contributed by atoms with van der Waals surface area (Å²) >= 11 is 0. The van der Waals surface area contributed by atoms with E-state index in [9.17, 15) is 4.79 Å². The summed E-state index contributed by atoms with van der Waals surface area (Å²) in [4.78, 5) is 11.4. The number of esters is 1. The van der Waals surface area contributed by atoms with Crippen LogP contribution in [0.15, 0.2) is 0 Å². The Morgan fingerprint density at radius 3 is 2.43 bits per heavy atom. The third kappa shape index (κ3) is 5.24. The monoisotopic (exact) mass is 202 g/mol. The van der Waals surface area contributed by atoms with Crippen LogP contribution in [0, 0.1) is 5.41 Å². The van der Waals surface area contributed by atoms with Crippen molar-refractivity contribution in [3.05, 3.63) is 0 Å². The summed E-state index contributed by atoms with van der Waals surface area (Å²) in [5, 5.41) is 17.1. The molecule has 82 valence electrons. The van der Waals surface area contributed by atoms with Crippen LogP contribution in [0.25, 0.3) is 0 Å². The van der Waals surface area contributed by atoms with Gasteiger partial charge < -0.3 is 14.8 Å². The summed E-state index contributed by atoms with van der Waals surface area (Å²) in [6, 6.07) is 0. The first-order valence-corrected chi connectivity index (χ1v) is 4.93. The summed E-state index contributed by atoms with van der Waals surface area (Å²) in [6.07, 6.45) is 1.44. The SMILES string of the molecule is CCC(C)(C)C(=O)OCCCB(O)O. The maximum absolute atomic E-state index is 11.4. The van der Waals surface area contributed by atoms with E-state index in [0.717, 1.165) is 6.42 Å². The maximum atomic E-state index is 11.4. The van der Waals surface area contributed by atoms with Crippen LogP contribution >= 0.6 is 0 Å². The van der Waals surface area contributed by atoms with Crippen LogP contribution in [-0.2, 0) is 9.53 Å². The fourth-order valence-electron chi connectivity index (χ4n) is 0.770. The minimum Gasteiger partial charge on any atom is -0.465 e. The van der Waals surface area contributed by atoms with E-state index >= 15 is 0 Å². The topological polar surface area (TPSA) is 66.8 Å². The summed E-state index contributed by atoms with van der Waals surface area (Å²) in [5.74, 6) is -0.229. The predicted molar refractivity (Wildman–Crippen MR) is 54.6 cm³/mol. The third-order valence-electron chi connectivity index (χ3n) is 2.28. The first-order chi connectivity index (χ1) is 6.40. The number of carbonyl (C=O) groups is 1. The van der Waals surface area contributed by atoms with Crippen molar-refractivity contribution in [2.45, 2.75) is 39.9 Å². The van der Waals surface area contributed by atoms with Crippen LogP contribution < -0.4 is 0 Å². The van der Waals surface area contributed by atoms with Gasteiger partial charge in [0.05, 0.1) is 12.0 Å². The van der Waals surface area contributed by atoms with Gasteiger partial charge in [0.2, 0.25) is 0 Å². The van der Waals surface area contributed by atoms with Crippen molar-refractivity contribution in [1.29, 1.82) is 0 Å². The van der Waals surface area contributed by atoms with Gasteiger partial charge in [-0.25, -0.2) is 0 Å². The van der Waals surface area contributed by atoms with Crippen molar-refractivity contribution < 1.29 is 19.6 Å². The van der Waals surface area contributed by atoms with Gasteiger partial charge in [0, 0.05) is 0 Å². The zero-order chi connectivity index (χ0) is 11.2. The largest absolute Gasteiger partial charge is 0.465 e. The Bertz CT molecular complexity index is 180. The Kier molecular flexibility index (Phi) is 5.80. The zero-order valence-corrected chi connectivity index (χ0v) is 9.12. The highest BCUT2D eigenvalue weighted by molar-refractivity contribution is 6.40. The molecule has 0 aliphatic carbocycles. The van der Waals surface area contributed by atoms with Gasteiger partial charge in [-0.15, -0.1) is 0 Å². The lowest BCUT2D eigenvalue weighted by Gasteiger charge is -2.20. The lowest BCUT2D eigenvalue weighted by Crippen LogP contribution is -2.26. The smallest absolute Gasteiger partial charge is 0.451 e. The van der Waals surface area contributed by atoms with Crippen molar-refractivity contribution in [2.75, 3.05) is 6.61 Å². The van der Waals surface area contributed by atoms with Crippen molar-refractivity contribution in [1.82, 2.24) is 0 Å². The molecule has 0 saturated heterocycles. The van der Waals surface area contributed by atoms with E-state index in [1.165, 1.54) is 0 Å². The Labute approximate surface area is 85.4 Å². The molecule has 0 unspecified atom stereocenters. The quantitative estimate of drug-likeness (QED) is 0.380. The standard InChI is InChI=1S/C9H19BO4/c1-4-9(2,3)8(11)14-7-5-6-10(12)13/h12-13H,4-7H2,1-3H3. The van der Waals surface area contributed by atoms with Gasteiger partial charge in [-0.3, -0.25) is 4.79 Å². The molecule has 0 amide bonds. The third-order valence-corrected chi connectivity index (χ3v) is 2.28. The number of rotatable bonds is 6. The van der Waals surface area contributed by atoms with Crippen LogP contribution in [0.3, 0.4) is 0 Å². The average molecular weight is 202 g/mol. The van der Waals surface area contributed by atoms with E-state index in [-0.39, 0.29) is 18.9 Å². The van der Waals surface area contributed by atoms with Gasteiger partial charge in [0.1, 0.15) is 0 Å². The fraction of sp³-hybridized carbons (Fsp3) is 0.889. The minimum absolute atomic E-state index is 0.229. The lowest BCUT2D eigenvalue weighted by atomic mass is 9.85. The van der Waals surface area contributed by atoms with Gasteiger partial charge in [0.15, 0.2) is 0 Å². The highest BCUT2D eigenvalue weighted by Gasteiger charge is 2.26. The van der Waals surface area contributed by atoms with Crippen LogP contribution in [0.1, 0.15) is 33.6 Å². The molecule has 0 aliphatic rings. The molecule has 0 saturated carbocycles. The molecule has 0 atom stereocenters. The van der Waals surface area contributed by atoms with E-state index in [1.54, 1.807) is 0 Å². The van der Waals surface area contributed by atoms with Gasteiger partial charge in [-0.05, 0) is 33.0 Å². The van der Waals surface area contributed by atoms with E-state index in [2.05, 4.69) is 0 Å². The molecule has 0 heterocycles. The molecule has 4 nitrogen and oxygen atoms in total. The fourth-order valence-corrected chi connectivity index (χ4v) is 0.770. The van der Waals surface area contributed by atoms with Gasteiger partial charge in [0.25, 0.3) is 0 Å². The van der Waals surface area contributed by atoms with Gasteiger partial charge in [-0.1, -0.05) is 6.92 Å². The second kappa shape index (κ2) is 6.04. The van der Waals surface area contributed by atoms with Crippen LogP contribution in [-0.4, -0.2) is 29.7 Å². The number of carbonyl (C=O) groups excluding carboxylic acids is 1. The first kappa shape index (κ1) is 13.5. The highest BCUT2D eigenvalue weighted by Crippen LogP contribution is 2.21. The molecule has 0 aliphatic heterocycles. The molecule has 0 fully saturated rings. The minimum atomic E-state index is -1.31. The second-order valence-electron chi connectivity index (χ2n) is 4.00. The van der Waals surface area contributed by atoms with Crippen LogP contribution in [0.5, 0.6) is 0 Å². The van der Waals surface area contributed by atoms with E-state index in [0.29, 0.717) is 6.42 Å². The van der Waals surface area contributed by atoms with Crippen molar-refractivity contribution in [2.24, 2.45) is 5.41 Å². The molecule has 0 bridgehead atoms. The van der Waals surface area contributed by atoms with E-state index < -0.39 is 12.5 Å². The van der Waals surface area contributed by atoms with E-state index in [4.69, 9.17) is 14.8 Å². The maximum Gasteiger partial charge on any atom is 0.451 e. The number of hydrogen-bond acceptors (Lipinski definition) is 4. The lowest BCUT2D eigenvalue weighted by molar-refractivity contribution is -0.154. The van der Waals surface area contributed by atoms with Crippen molar-refractivity contribution >= 4 is 13.1 Å². The highest BCUT2D eigenvalue weighted by atomic mass is 16.5. The zero-order valence-electron chi connectivity index (χ0n) is 9.12. The predicted octanol–water partition coefficient (Wildman–Crippen LogP) is 0.829. The molecule has 0 radical (unpaired) electrons. The normalized spacial score (nSPS) is 11.2. The molecule has 5 heteroatoms. The van der Waals surface area contributed by atoms with Crippen LogP contribution in [0.4, 0.5) is 0 Å². The van der Waals surface area contributed by atoms with Crippen LogP contribution in [0.2, 0.25) is 6.32 Å². The van der Waals surface area contributed by atoms with Crippen molar-refractivity contribution in [3.8, 4) is 0 Å². The Morgan fingerprint density at radius 2 is 2.00 bits per heavy atom. The Morgan fingerprint density at radius 1 is 1.43 bits per heavy atom. The number of hydrogen-bond donors (Lipinski definition) is 2. The molecule has 0 aromatic rings. The summed E-state index contributed by atoms with van der Waals surface area (Å²) < 4.78 is 4.99. The molecule has 0 aromatic heterocycles. The molecule has 0 spiro atoms. The van der Waals surface area contributed by atoms with E-state index in [1.807, 2.05) is 20.8 Å². The van der Waals surface area contributed by atoms with Gasteiger partial charge >= 0.3 is 13.1 Å². The average Bonchev–Trinajstić information content (AvgIpc) is 2.11. The molecule has 0 rings (SSSR count). The molecular weight excluding hydrogens is 183 g/mol. The second-order valence-corrected chi connectivity index (χ2v) is 4.00. The summed E-state index contributed by atoms with van der Waals surface area (Å²) in [5.41, 5.74) is -0.447. The summed E-state index contributed by atoms with van der Waals surface area (Å²) in [6.45, 7) is 5.84. The Balaban J connectivity index is 3.64. The molecule has 2 N–H and O–H groups in total. The van der Waals surface area contributed by atoms with Crippen molar-refractivity contribution in [3.63, 3.8) is 0 Å². The number of ether oxygens (including phenoxy) is 1. The molecular formula is C9H19BO4. The molecule has 0 aromatic carbocycles. The Hall–Kier alpha value is -0.545. The molecule has 14 heavy (non-hydrogen) atoms.